The maximum absolute atomic E-state index is 12.5. The van der Waals surface area contributed by atoms with Gasteiger partial charge in [0.2, 0.25) is 0 Å². The molecule has 0 unspecified atom stereocenters. The molecule has 0 radical (unpaired) electrons. The summed E-state index contributed by atoms with van der Waals surface area (Å²) in [6, 6.07) is 6.24. The fourth-order valence-electron chi connectivity index (χ4n) is 2.97. The van der Waals surface area contributed by atoms with E-state index in [-0.39, 0.29) is 5.91 Å². The van der Waals surface area contributed by atoms with Crippen LogP contribution in [0.5, 0.6) is 0 Å². The third-order valence-corrected chi connectivity index (χ3v) is 4.94. The molecule has 116 valence electrons. The van der Waals surface area contributed by atoms with Crippen LogP contribution in [0.1, 0.15) is 67.8 Å². The van der Waals surface area contributed by atoms with Gasteiger partial charge in [0, 0.05) is 22.2 Å². The lowest BCUT2D eigenvalue weighted by Gasteiger charge is -2.28. The molecule has 0 saturated carbocycles. The highest BCUT2D eigenvalue weighted by molar-refractivity contribution is 14.1. The second-order valence-electron chi connectivity index (χ2n) is 5.96. The Morgan fingerprint density at radius 3 is 2.57 bits per heavy atom. The summed E-state index contributed by atoms with van der Waals surface area (Å²) < 4.78 is 1.15. The zero-order valence-corrected chi connectivity index (χ0v) is 15.2. The molecule has 1 heterocycles. The number of nitrogens with zero attached hydrogens (tertiary/aromatic N) is 1. The number of fused-ring (bicyclic) bond motifs is 1. The largest absolute Gasteiger partial charge is 0.338 e. The molecule has 2 nitrogen and oxygen atoms in total. The predicted molar refractivity (Wildman–Crippen MR) is 96.8 cm³/mol. The Morgan fingerprint density at radius 2 is 1.81 bits per heavy atom. The fraction of sp³-hybridized carbons (Fsp3) is 0.611. The van der Waals surface area contributed by atoms with Crippen LogP contribution in [0.4, 0.5) is 0 Å². The van der Waals surface area contributed by atoms with E-state index in [0.717, 1.165) is 35.1 Å². The highest BCUT2D eigenvalue weighted by Gasteiger charge is 2.23. The molecular formula is C18H26INO. The molecule has 0 aliphatic carbocycles. The van der Waals surface area contributed by atoms with E-state index in [0.29, 0.717) is 0 Å². The van der Waals surface area contributed by atoms with E-state index < -0.39 is 0 Å². The van der Waals surface area contributed by atoms with Gasteiger partial charge in [0.25, 0.3) is 5.91 Å². The summed E-state index contributed by atoms with van der Waals surface area (Å²) in [6.45, 7) is 4.07. The molecule has 1 aromatic rings. The van der Waals surface area contributed by atoms with Crippen LogP contribution in [-0.4, -0.2) is 23.9 Å². The summed E-state index contributed by atoms with van der Waals surface area (Å²) >= 11 is 2.28. The maximum atomic E-state index is 12.5. The number of unbranched alkanes of at least 4 members (excludes halogenated alkanes) is 6. The summed E-state index contributed by atoms with van der Waals surface area (Å²) in [6.07, 6.45) is 10.1. The molecule has 0 fully saturated rings. The van der Waals surface area contributed by atoms with Gasteiger partial charge in [-0.15, -0.1) is 0 Å². The van der Waals surface area contributed by atoms with Gasteiger partial charge in [-0.1, -0.05) is 51.5 Å². The van der Waals surface area contributed by atoms with Crippen LogP contribution in [-0.2, 0) is 6.42 Å². The highest BCUT2D eigenvalue weighted by atomic mass is 127. The zero-order valence-electron chi connectivity index (χ0n) is 13.0. The SMILES string of the molecule is CCCCCCCCCN1CCc2ccc(I)cc2C1=O. The van der Waals surface area contributed by atoms with Gasteiger partial charge in [0.05, 0.1) is 0 Å². The summed E-state index contributed by atoms with van der Waals surface area (Å²) in [5, 5.41) is 0. The van der Waals surface area contributed by atoms with Crippen molar-refractivity contribution in [3.8, 4) is 0 Å². The Bertz CT molecular complexity index is 472. The quantitative estimate of drug-likeness (QED) is 0.443. The van der Waals surface area contributed by atoms with Gasteiger partial charge in [0.15, 0.2) is 0 Å². The van der Waals surface area contributed by atoms with Crippen LogP contribution in [0.15, 0.2) is 18.2 Å². The average Bonchev–Trinajstić information content (AvgIpc) is 2.49. The van der Waals surface area contributed by atoms with Crippen molar-refractivity contribution in [2.45, 2.75) is 58.3 Å². The first kappa shape index (κ1) is 16.8. The van der Waals surface area contributed by atoms with Crippen LogP contribution >= 0.6 is 22.6 Å². The van der Waals surface area contributed by atoms with Crippen molar-refractivity contribution in [1.29, 1.82) is 0 Å². The minimum absolute atomic E-state index is 0.237. The van der Waals surface area contributed by atoms with Gasteiger partial charge < -0.3 is 4.90 Å². The molecule has 21 heavy (non-hydrogen) atoms. The fourth-order valence-corrected chi connectivity index (χ4v) is 3.46. The Hall–Kier alpha value is -0.580. The second-order valence-corrected chi connectivity index (χ2v) is 7.21. The summed E-state index contributed by atoms with van der Waals surface area (Å²) in [5.74, 6) is 0.237. The van der Waals surface area contributed by atoms with Crippen molar-refractivity contribution in [2.75, 3.05) is 13.1 Å². The lowest BCUT2D eigenvalue weighted by atomic mass is 9.99. The normalized spacial score (nSPS) is 14.4. The Labute approximate surface area is 142 Å². The molecule has 0 spiro atoms. The molecule has 3 heteroatoms. The van der Waals surface area contributed by atoms with Gasteiger partial charge in [-0.25, -0.2) is 0 Å². The number of hydrogen-bond donors (Lipinski definition) is 0. The number of benzene rings is 1. The smallest absolute Gasteiger partial charge is 0.254 e. The van der Waals surface area contributed by atoms with Gasteiger partial charge in [-0.05, 0) is 53.1 Å². The van der Waals surface area contributed by atoms with Crippen LogP contribution in [0, 0.1) is 3.57 Å². The minimum atomic E-state index is 0.237. The molecule has 1 aliphatic heterocycles. The van der Waals surface area contributed by atoms with E-state index >= 15 is 0 Å². The zero-order chi connectivity index (χ0) is 15.1. The number of carbonyl (C=O) groups is 1. The van der Waals surface area contributed by atoms with Crippen molar-refractivity contribution in [2.24, 2.45) is 0 Å². The van der Waals surface area contributed by atoms with Crippen molar-refractivity contribution >= 4 is 28.5 Å². The van der Waals surface area contributed by atoms with Gasteiger partial charge in [-0.2, -0.15) is 0 Å². The lowest BCUT2D eigenvalue weighted by Crippen LogP contribution is -2.38. The Balaban J connectivity index is 1.74. The summed E-state index contributed by atoms with van der Waals surface area (Å²) in [4.78, 5) is 14.5. The summed E-state index contributed by atoms with van der Waals surface area (Å²) in [5.41, 5.74) is 2.15. The van der Waals surface area contributed by atoms with Crippen LogP contribution in [0.3, 0.4) is 0 Å². The van der Waals surface area contributed by atoms with Crippen LogP contribution < -0.4 is 0 Å². The van der Waals surface area contributed by atoms with Crippen molar-refractivity contribution in [3.05, 3.63) is 32.9 Å². The molecule has 1 aromatic carbocycles. The molecule has 0 saturated heterocycles. The minimum Gasteiger partial charge on any atom is -0.338 e. The van der Waals surface area contributed by atoms with Crippen molar-refractivity contribution < 1.29 is 4.79 Å². The summed E-state index contributed by atoms with van der Waals surface area (Å²) in [7, 11) is 0. The Kier molecular flexibility index (Phi) is 7.00. The van der Waals surface area contributed by atoms with E-state index in [9.17, 15) is 4.79 Å². The molecule has 0 bridgehead atoms. The standard InChI is InChI=1S/C18H26INO/c1-2-3-4-5-6-7-8-12-20-13-11-15-9-10-16(19)14-17(15)18(20)21/h9-10,14H,2-8,11-13H2,1H3. The molecular weight excluding hydrogens is 373 g/mol. The molecule has 1 amide bonds. The van der Waals surface area contributed by atoms with Gasteiger partial charge >= 0.3 is 0 Å². The number of halogens is 1. The van der Waals surface area contributed by atoms with Gasteiger partial charge in [0.1, 0.15) is 0 Å². The van der Waals surface area contributed by atoms with Crippen LogP contribution in [0.25, 0.3) is 0 Å². The maximum Gasteiger partial charge on any atom is 0.254 e. The molecule has 0 aromatic heterocycles. The third-order valence-electron chi connectivity index (χ3n) is 4.27. The molecule has 2 rings (SSSR count). The first-order valence-corrected chi connectivity index (χ1v) is 9.38. The van der Waals surface area contributed by atoms with E-state index in [4.69, 9.17) is 0 Å². The number of carbonyl (C=O) groups excluding carboxylic acids is 1. The molecule has 0 atom stereocenters. The lowest BCUT2D eigenvalue weighted by molar-refractivity contribution is 0.0736. The second kappa shape index (κ2) is 8.76. The predicted octanol–water partition coefficient (Wildman–Crippen LogP) is 5.04. The van der Waals surface area contributed by atoms with E-state index in [1.54, 1.807) is 0 Å². The molecule has 0 N–H and O–H groups in total. The van der Waals surface area contributed by atoms with E-state index in [2.05, 4.69) is 41.6 Å². The first-order chi connectivity index (χ1) is 10.2. The van der Waals surface area contributed by atoms with Crippen molar-refractivity contribution in [3.63, 3.8) is 0 Å². The van der Waals surface area contributed by atoms with Crippen LogP contribution in [0.2, 0.25) is 0 Å². The van der Waals surface area contributed by atoms with Gasteiger partial charge in [-0.3, -0.25) is 4.79 Å². The monoisotopic (exact) mass is 399 g/mol. The number of amides is 1. The Morgan fingerprint density at radius 1 is 1.10 bits per heavy atom. The van der Waals surface area contributed by atoms with E-state index in [1.807, 2.05) is 11.0 Å². The highest BCUT2D eigenvalue weighted by Crippen LogP contribution is 2.21. The van der Waals surface area contributed by atoms with E-state index in [1.165, 1.54) is 44.1 Å². The number of rotatable bonds is 8. The topological polar surface area (TPSA) is 20.3 Å². The first-order valence-electron chi connectivity index (χ1n) is 8.30. The van der Waals surface area contributed by atoms with Crippen molar-refractivity contribution in [1.82, 2.24) is 4.90 Å². The average molecular weight is 399 g/mol. The third kappa shape index (κ3) is 4.97. The molecule has 1 aliphatic rings. The number of hydrogen-bond acceptors (Lipinski definition) is 1.